The highest BCUT2D eigenvalue weighted by atomic mass is 35.5. The minimum Gasteiger partial charge on any atom is -0.445 e. The van der Waals surface area contributed by atoms with E-state index in [0.717, 1.165) is 31.9 Å². The molecule has 0 radical (unpaired) electrons. The van der Waals surface area contributed by atoms with Crippen molar-refractivity contribution < 1.29 is 49.4 Å². The molecule has 3 aromatic rings. The molecule has 17 heteroatoms. The number of benzene rings is 2. The van der Waals surface area contributed by atoms with Gasteiger partial charge in [-0.25, -0.2) is 4.79 Å². The van der Waals surface area contributed by atoms with Gasteiger partial charge in [0, 0.05) is 25.2 Å². The van der Waals surface area contributed by atoms with Crippen molar-refractivity contribution in [2.24, 2.45) is 11.3 Å². The third kappa shape index (κ3) is 10.5. The predicted octanol–water partition coefficient (Wildman–Crippen LogP) is 7.45. The van der Waals surface area contributed by atoms with Gasteiger partial charge in [-0.3, -0.25) is 9.48 Å². The molecule has 274 valence electrons. The maximum absolute atomic E-state index is 13.5. The van der Waals surface area contributed by atoms with Crippen LogP contribution < -0.4 is 10.1 Å². The summed E-state index contributed by atoms with van der Waals surface area (Å²) in [6.45, 7) is 3.31. The van der Waals surface area contributed by atoms with Crippen LogP contribution in [0, 0.1) is 11.3 Å². The number of hydrogen-bond acceptors (Lipinski definition) is 7. The Kier molecular flexibility index (Phi) is 14.3. The zero-order valence-electron chi connectivity index (χ0n) is 27.8. The summed E-state index contributed by atoms with van der Waals surface area (Å²) in [5.41, 5.74) is -1.22. The summed E-state index contributed by atoms with van der Waals surface area (Å²) in [5.74, 6) is -0.821. The number of likely N-dealkylation sites (tertiary alicyclic amines) is 1. The first-order valence-corrected chi connectivity index (χ1v) is 16.7. The van der Waals surface area contributed by atoms with Crippen molar-refractivity contribution >= 4 is 35.2 Å². The molecule has 0 bridgehead atoms. The maximum Gasteiger partial charge on any atom is 0.410 e. The molecule has 1 N–H and O–H groups in total. The molecule has 1 saturated heterocycles. The highest BCUT2D eigenvalue weighted by molar-refractivity contribution is 7.51. The first-order chi connectivity index (χ1) is 23.5. The van der Waals surface area contributed by atoms with E-state index in [1.165, 1.54) is 16.8 Å². The third-order valence-corrected chi connectivity index (χ3v) is 8.58. The largest absolute Gasteiger partial charge is 0.445 e. The van der Waals surface area contributed by atoms with Gasteiger partial charge in [-0.15, -0.1) is 0 Å². The number of aryl methyl sites for hydroxylation is 1. The highest BCUT2D eigenvalue weighted by Crippen LogP contribution is 2.43. The molecule has 2 atom stereocenters. The zero-order chi connectivity index (χ0) is 37.2. The lowest BCUT2D eigenvalue weighted by Crippen LogP contribution is -2.51. The van der Waals surface area contributed by atoms with E-state index in [4.69, 9.17) is 29.5 Å². The van der Waals surface area contributed by atoms with Gasteiger partial charge in [-0.2, -0.15) is 35.5 Å². The van der Waals surface area contributed by atoms with Crippen molar-refractivity contribution in [1.82, 2.24) is 20.0 Å². The van der Waals surface area contributed by atoms with E-state index in [1.54, 1.807) is 11.8 Å². The summed E-state index contributed by atoms with van der Waals surface area (Å²) >= 11 is 5.90. The van der Waals surface area contributed by atoms with Crippen LogP contribution in [-0.4, -0.2) is 67.0 Å². The van der Waals surface area contributed by atoms with Crippen LogP contribution in [0.2, 0.25) is 5.02 Å². The number of alkyl halides is 5. The lowest BCUT2D eigenvalue weighted by molar-refractivity contribution is -0.211. The summed E-state index contributed by atoms with van der Waals surface area (Å²) in [6, 6.07) is 12.7. The summed E-state index contributed by atoms with van der Waals surface area (Å²) in [7, 11) is 0. The topological polar surface area (TPSA) is 120 Å². The van der Waals surface area contributed by atoms with Crippen LogP contribution in [0.5, 0.6) is 5.75 Å². The van der Waals surface area contributed by atoms with Crippen molar-refractivity contribution in [2.75, 3.05) is 13.1 Å². The van der Waals surface area contributed by atoms with Crippen LogP contribution in [-0.2, 0) is 35.9 Å². The molecule has 1 aliphatic heterocycles. The number of piperidine rings is 1. The highest BCUT2D eigenvalue weighted by Gasteiger charge is 2.47. The SMILES string of the molecule is CCn1nc(C(=O)NC[C@@H]2CC[C@@H](C)CN2C(=O)OCc2ccccc2)c(Cl)c1-c1ccc(CC(C)(C)C(F)(F)F)cc1OC(F)F.O=S=O. The van der Waals surface area contributed by atoms with E-state index in [1.807, 2.05) is 37.3 Å². The third-order valence-electron chi connectivity index (χ3n) is 8.22. The van der Waals surface area contributed by atoms with Gasteiger partial charge in [0.25, 0.3) is 5.91 Å². The predicted molar refractivity (Wildman–Crippen MR) is 175 cm³/mol. The minimum atomic E-state index is -4.53. The number of aromatic nitrogens is 2. The second-order valence-electron chi connectivity index (χ2n) is 12.4. The second kappa shape index (κ2) is 17.7. The van der Waals surface area contributed by atoms with E-state index in [9.17, 15) is 31.5 Å². The quantitative estimate of drug-likeness (QED) is 0.202. The molecule has 1 aromatic heterocycles. The zero-order valence-corrected chi connectivity index (χ0v) is 29.3. The molecule has 0 saturated carbocycles. The second-order valence-corrected chi connectivity index (χ2v) is 12.9. The fourth-order valence-corrected chi connectivity index (χ4v) is 5.81. The van der Waals surface area contributed by atoms with Gasteiger partial charge < -0.3 is 19.7 Å². The summed E-state index contributed by atoms with van der Waals surface area (Å²) in [6.07, 6.45) is -4.06. The Bertz CT molecular complexity index is 1650. The number of ether oxygens (including phenoxy) is 2. The number of nitrogens with zero attached hydrogens (tertiary/aromatic N) is 3. The molecule has 0 aliphatic carbocycles. The van der Waals surface area contributed by atoms with Crippen LogP contribution in [0.15, 0.2) is 48.5 Å². The normalized spacial score (nSPS) is 16.3. The van der Waals surface area contributed by atoms with E-state index < -0.39 is 53.9 Å². The molecule has 2 amide bonds. The number of nitrogens with one attached hydrogen (secondary N) is 1. The van der Waals surface area contributed by atoms with Gasteiger partial charge in [0.1, 0.15) is 12.4 Å². The van der Waals surface area contributed by atoms with Crippen molar-refractivity contribution in [3.63, 3.8) is 0 Å². The molecule has 1 fully saturated rings. The van der Waals surface area contributed by atoms with Crippen LogP contribution in [0.3, 0.4) is 0 Å². The fraction of sp³-hybridized carbons (Fsp3) is 0.485. The van der Waals surface area contributed by atoms with Gasteiger partial charge in [-0.1, -0.05) is 68.8 Å². The van der Waals surface area contributed by atoms with Crippen LogP contribution in [0.4, 0.5) is 26.7 Å². The Morgan fingerprint density at radius 2 is 1.74 bits per heavy atom. The smallest absolute Gasteiger partial charge is 0.410 e. The van der Waals surface area contributed by atoms with Crippen molar-refractivity contribution in [3.8, 4) is 17.0 Å². The molecule has 0 spiro atoms. The lowest BCUT2D eigenvalue weighted by atomic mass is 9.84. The lowest BCUT2D eigenvalue weighted by Gasteiger charge is -2.37. The van der Waals surface area contributed by atoms with E-state index in [-0.39, 0.29) is 59.2 Å². The van der Waals surface area contributed by atoms with Gasteiger partial charge >= 0.3 is 30.5 Å². The Morgan fingerprint density at radius 3 is 2.34 bits per heavy atom. The van der Waals surface area contributed by atoms with E-state index >= 15 is 0 Å². The van der Waals surface area contributed by atoms with Crippen molar-refractivity contribution in [3.05, 3.63) is 70.4 Å². The Balaban J connectivity index is 0.00000217. The Morgan fingerprint density at radius 1 is 1.08 bits per heavy atom. The molecule has 0 unspecified atom stereocenters. The number of carbonyl (C=O) groups excluding carboxylic acids is 2. The number of halogens is 6. The molecule has 50 heavy (non-hydrogen) atoms. The summed E-state index contributed by atoms with van der Waals surface area (Å²) in [4.78, 5) is 28.0. The first kappa shape index (κ1) is 40.4. The van der Waals surface area contributed by atoms with Crippen LogP contribution in [0.1, 0.15) is 62.2 Å². The number of rotatable bonds is 11. The van der Waals surface area contributed by atoms with Gasteiger partial charge in [0.15, 0.2) is 5.69 Å². The van der Waals surface area contributed by atoms with Gasteiger partial charge in [0.2, 0.25) is 0 Å². The number of carbonyl (C=O) groups is 2. The Hall–Kier alpha value is -4.05. The average molecular weight is 749 g/mol. The van der Waals surface area contributed by atoms with Gasteiger partial charge in [0.05, 0.1) is 22.2 Å². The Labute approximate surface area is 294 Å². The molecule has 2 aromatic carbocycles. The standard InChI is InChI=1S/C33H38ClF5N4O4.O2S/c1-5-43-28(24-14-12-22(15-25(24)47-30(35)36)16-32(3,4)33(37,38)39)26(34)27(41-43)29(44)40-17-23-13-11-20(2)18-42(23)31(45)46-19-21-9-7-6-8-10-21;1-3-2/h6-10,12,14-15,20,23,30H,5,11,13,16-19H2,1-4H3,(H,40,44);/t20-,23+;/m1./s1. The van der Waals surface area contributed by atoms with Crippen LogP contribution >= 0.6 is 11.6 Å². The van der Waals surface area contributed by atoms with Gasteiger partial charge in [-0.05, 0) is 55.4 Å². The monoisotopic (exact) mass is 748 g/mol. The van der Waals surface area contributed by atoms with Crippen LogP contribution in [0.25, 0.3) is 11.3 Å². The summed E-state index contributed by atoms with van der Waals surface area (Å²) < 4.78 is 95.7. The van der Waals surface area contributed by atoms with Crippen molar-refractivity contribution in [1.29, 1.82) is 0 Å². The molecule has 2 heterocycles. The summed E-state index contributed by atoms with van der Waals surface area (Å²) in [5, 5.41) is 6.95. The molecular weight excluding hydrogens is 711 g/mol. The first-order valence-electron chi connectivity index (χ1n) is 15.6. The number of hydrogen-bond donors (Lipinski definition) is 1. The average Bonchev–Trinajstić information content (AvgIpc) is 3.38. The molecule has 4 rings (SSSR count). The molecule has 1 aliphatic rings. The van der Waals surface area contributed by atoms with E-state index in [0.29, 0.717) is 13.0 Å². The minimum absolute atomic E-state index is 0.0332. The molecular formula is C33H38ClF5N4O6S. The maximum atomic E-state index is 13.5. The van der Waals surface area contributed by atoms with Crippen molar-refractivity contribution in [2.45, 2.75) is 78.9 Å². The van der Waals surface area contributed by atoms with E-state index in [2.05, 4.69) is 10.4 Å². The molecule has 10 nitrogen and oxygen atoms in total. The fourth-order valence-electron chi connectivity index (χ4n) is 5.49. The number of amides is 2.